The van der Waals surface area contributed by atoms with Crippen LogP contribution in [0.25, 0.3) is 0 Å². The minimum Gasteiger partial charge on any atom is -0.298 e. The topological polar surface area (TPSA) is 64.1 Å². The largest absolute Gasteiger partial charge is 0.298 e. The average Bonchev–Trinajstić information content (AvgIpc) is 2.16. The van der Waals surface area contributed by atoms with E-state index in [1.807, 2.05) is 0 Å². The Balaban J connectivity index is 3.27. The van der Waals surface area contributed by atoms with Crippen molar-refractivity contribution >= 4 is 18.9 Å². The van der Waals surface area contributed by atoms with Gasteiger partial charge in [0, 0.05) is 17.3 Å². The van der Waals surface area contributed by atoms with Crippen molar-refractivity contribution in [2.45, 2.75) is 0 Å². The molecule has 1 aromatic rings. The third-order valence-electron chi connectivity index (χ3n) is 1.36. The van der Waals surface area contributed by atoms with Crippen LogP contribution in [0.4, 0.5) is 0 Å². The Hall–Kier alpha value is -1.84. The average molecular weight is 163 g/mol. The molecule has 0 bridgehead atoms. The summed E-state index contributed by atoms with van der Waals surface area (Å²) >= 11 is 0. The fourth-order valence-corrected chi connectivity index (χ4v) is 0.764. The van der Waals surface area contributed by atoms with Gasteiger partial charge in [0.15, 0.2) is 18.9 Å². The lowest BCUT2D eigenvalue weighted by Crippen LogP contribution is -1.96. The van der Waals surface area contributed by atoms with E-state index in [-0.39, 0.29) is 16.8 Å². The number of aromatic nitrogens is 1. The number of aldehydes is 3. The van der Waals surface area contributed by atoms with Crippen molar-refractivity contribution in [2.75, 3.05) is 0 Å². The van der Waals surface area contributed by atoms with E-state index in [9.17, 15) is 14.4 Å². The van der Waals surface area contributed by atoms with Crippen molar-refractivity contribution < 1.29 is 14.4 Å². The summed E-state index contributed by atoms with van der Waals surface area (Å²) in [6.45, 7) is 0. The highest BCUT2D eigenvalue weighted by atomic mass is 16.1. The van der Waals surface area contributed by atoms with Crippen LogP contribution >= 0.6 is 0 Å². The predicted molar refractivity (Wildman–Crippen MR) is 40.4 cm³/mol. The second-order valence-electron chi connectivity index (χ2n) is 2.09. The molecule has 0 aliphatic heterocycles. The van der Waals surface area contributed by atoms with Gasteiger partial charge < -0.3 is 0 Å². The molecule has 0 aliphatic carbocycles. The van der Waals surface area contributed by atoms with Gasteiger partial charge in [-0.3, -0.25) is 19.4 Å². The highest BCUT2D eigenvalue weighted by Crippen LogP contribution is 2.03. The van der Waals surface area contributed by atoms with Crippen LogP contribution in [0.3, 0.4) is 0 Å². The van der Waals surface area contributed by atoms with Gasteiger partial charge >= 0.3 is 0 Å². The molecule has 0 aliphatic rings. The molecule has 0 amide bonds. The number of carbonyl (C=O) groups excluding carboxylic acids is 3. The molecule has 1 rings (SSSR count). The molecule has 4 heteroatoms. The molecule has 4 nitrogen and oxygen atoms in total. The first kappa shape index (κ1) is 8.26. The summed E-state index contributed by atoms with van der Waals surface area (Å²) in [6, 6.07) is 1.27. The molecule has 1 aromatic heterocycles. The molecule has 0 unspecified atom stereocenters. The normalized spacial score (nSPS) is 9.00. The van der Waals surface area contributed by atoms with Crippen molar-refractivity contribution in [2.24, 2.45) is 0 Å². The second-order valence-corrected chi connectivity index (χ2v) is 2.09. The smallest absolute Gasteiger partial charge is 0.168 e. The minimum absolute atomic E-state index is 0.141. The van der Waals surface area contributed by atoms with Gasteiger partial charge in [-0.05, 0) is 6.07 Å². The monoisotopic (exact) mass is 163 g/mol. The molecule has 0 spiro atoms. The van der Waals surface area contributed by atoms with Crippen molar-refractivity contribution in [3.05, 3.63) is 29.1 Å². The van der Waals surface area contributed by atoms with Gasteiger partial charge in [0.25, 0.3) is 0 Å². The molecule has 0 saturated carbocycles. The van der Waals surface area contributed by atoms with E-state index in [2.05, 4.69) is 4.98 Å². The number of hydrogen-bond acceptors (Lipinski definition) is 4. The molecular weight excluding hydrogens is 158 g/mol. The summed E-state index contributed by atoms with van der Waals surface area (Å²) in [5.74, 6) is 0. The van der Waals surface area contributed by atoms with Gasteiger partial charge in [-0.25, -0.2) is 0 Å². The summed E-state index contributed by atoms with van der Waals surface area (Å²) < 4.78 is 0. The maximum Gasteiger partial charge on any atom is 0.168 e. The summed E-state index contributed by atoms with van der Waals surface area (Å²) in [5.41, 5.74) is 0.514. The van der Waals surface area contributed by atoms with Crippen LogP contribution in [0.5, 0.6) is 0 Å². The summed E-state index contributed by atoms with van der Waals surface area (Å²) in [7, 11) is 0. The Morgan fingerprint density at radius 1 is 1.00 bits per heavy atom. The van der Waals surface area contributed by atoms with Crippen LogP contribution in [-0.2, 0) is 0 Å². The van der Waals surface area contributed by atoms with Gasteiger partial charge in [0.05, 0.1) is 0 Å². The fourth-order valence-electron chi connectivity index (χ4n) is 0.764. The zero-order chi connectivity index (χ0) is 8.97. The second kappa shape index (κ2) is 3.52. The number of carbonyl (C=O) groups is 3. The van der Waals surface area contributed by atoms with Gasteiger partial charge in [0.1, 0.15) is 5.69 Å². The Labute approximate surface area is 68.2 Å². The van der Waals surface area contributed by atoms with Gasteiger partial charge in [-0.15, -0.1) is 0 Å². The van der Waals surface area contributed by atoms with Gasteiger partial charge in [-0.1, -0.05) is 0 Å². The number of nitrogens with zero attached hydrogens (tertiary/aromatic N) is 1. The molecule has 0 radical (unpaired) electrons. The summed E-state index contributed by atoms with van der Waals surface area (Å²) in [5, 5.41) is 0. The first-order valence-electron chi connectivity index (χ1n) is 3.17. The lowest BCUT2D eigenvalue weighted by molar-refractivity contribution is 0.109. The van der Waals surface area contributed by atoms with E-state index in [1.54, 1.807) is 0 Å². The maximum absolute atomic E-state index is 10.4. The summed E-state index contributed by atoms with van der Waals surface area (Å²) in [6.07, 6.45) is 2.74. The Morgan fingerprint density at radius 3 is 2.17 bits per heavy atom. The van der Waals surface area contributed by atoms with Crippen molar-refractivity contribution in [1.29, 1.82) is 0 Å². The van der Waals surface area contributed by atoms with Crippen LogP contribution in [-0.4, -0.2) is 23.8 Å². The van der Waals surface area contributed by atoms with Crippen LogP contribution in [0, 0.1) is 0 Å². The van der Waals surface area contributed by atoms with Crippen LogP contribution in [0.15, 0.2) is 12.3 Å². The molecule has 60 valence electrons. The van der Waals surface area contributed by atoms with Crippen molar-refractivity contribution in [1.82, 2.24) is 4.98 Å². The van der Waals surface area contributed by atoms with E-state index < -0.39 is 0 Å². The Kier molecular flexibility index (Phi) is 2.42. The van der Waals surface area contributed by atoms with Crippen molar-refractivity contribution in [3.8, 4) is 0 Å². The van der Waals surface area contributed by atoms with E-state index in [0.29, 0.717) is 18.9 Å². The third-order valence-corrected chi connectivity index (χ3v) is 1.36. The van der Waals surface area contributed by atoms with E-state index in [4.69, 9.17) is 0 Å². The molecule has 0 N–H and O–H groups in total. The van der Waals surface area contributed by atoms with Crippen molar-refractivity contribution in [3.63, 3.8) is 0 Å². The number of pyridine rings is 1. The fraction of sp³-hybridized carbons (Fsp3) is 0. The molecule has 12 heavy (non-hydrogen) atoms. The Morgan fingerprint density at radius 2 is 1.67 bits per heavy atom. The summed E-state index contributed by atoms with van der Waals surface area (Å²) in [4.78, 5) is 34.5. The zero-order valence-electron chi connectivity index (χ0n) is 6.06. The lowest BCUT2D eigenvalue weighted by Gasteiger charge is -1.95. The number of rotatable bonds is 3. The van der Waals surface area contributed by atoms with Crippen LogP contribution < -0.4 is 0 Å². The van der Waals surface area contributed by atoms with Crippen LogP contribution in [0.1, 0.15) is 31.2 Å². The van der Waals surface area contributed by atoms with Gasteiger partial charge in [0.2, 0.25) is 0 Å². The highest BCUT2D eigenvalue weighted by Gasteiger charge is 2.01. The SMILES string of the molecule is O=Cc1cc(C=O)c(C=O)cn1. The molecule has 0 aromatic carbocycles. The lowest BCUT2D eigenvalue weighted by atomic mass is 10.1. The quantitative estimate of drug-likeness (QED) is 0.609. The first-order valence-corrected chi connectivity index (χ1v) is 3.17. The molecular formula is C8H5NO3. The molecule has 0 saturated heterocycles. The van der Waals surface area contributed by atoms with Gasteiger partial charge in [-0.2, -0.15) is 0 Å². The standard InChI is InChI=1S/C8H5NO3/c10-3-6-1-8(5-12)9-2-7(6)4-11/h1-5H. The van der Waals surface area contributed by atoms with E-state index in [1.165, 1.54) is 12.3 Å². The number of hydrogen-bond donors (Lipinski definition) is 0. The molecule has 0 atom stereocenters. The first-order chi connectivity index (χ1) is 5.81. The highest BCUT2D eigenvalue weighted by molar-refractivity contribution is 5.91. The Bertz CT molecular complexity index is 333. The van der Waals surface area contributed by atoms with E-state index >= 15 is 0 Å². The van der Waals surface area contributed by atoms with E-state index in [0.717, 1.165) is 0 Å². The maximum atomic E-state index is 10.4. The predicted octanol–water partition coefficient (Wildman–Crippen LogP) is 0.519. The third kappa shape index (κ3) is 1.42. The molecule has 1 heterocycles. The minimum atomic E-state index is 0.141. The van der Waals surface area contributed by atoms with Crippen LogP contribution in [0.2, 0.25) is 0 Å². The molecule has 0 fully saturated rings. The zero-order valence-corrected chi connectivity index (χ0v) is 6.06.